The number of phenolic OH excluding ortho intramolecular Hbond substituents is 1. The number of phenols is 1. The summed E-state index contributed by atoms with van der Waals surface area (Å²) in [4.78, 5) is 25.3. The maximum atomic E-state index is 12.8. The highest BCUT2D eigenvalue weighted by molar-refractivity contribution is 6.15. The fourth-order valence-electron chi connectivity index (χ4n) is 3.31. The number of rotatable bonds is 6. The van der Waals surface area contributed by atoms with E-state index in [1.54, 1.807) is 30.3 Å². The highest BCUT2D eigenvalue weighted by atomic mass is 16.5. The third-order valence-electron chi connectivity index (χ3n) is 4.92. The number of hydrogen-bond acceptors (Lipinski definition) is 6. The molecular weight excluding hydrogens is 360 g/mol. The minimum absolute atomic E-state index is 0.0198. The van der Waals surface area contributed by atoms with Gasteiger partial charge in [-0.15, -0.1) is 0 Å². The van der Waals surface area contributed by atoms with Crippen molar-refractivity contribution in [1.29, 1.82) is 0 Å². The van der Waals surface area contributed by atoms with Gasteiger partial charge in [-0.05, 0) is 51.0 Å². The molecule has 0 saturated carbocycles. The molecule has 0 fully saturated rings. The molecule has 0 unspecified atom stereocenters. The van der Waals surface area contributed by atoms with Gasteiger partial charge >= 0.3 is 0 Å². The molecule has 1 aliphatic rings. The summed E-state index contributed by atoms with van der Waals surface area (Å²) in [5, 5.41) is 10.7. The number of ether oxygens (including phenoxy) is 3. The molecule has 148 valence electrons. The van der Waals surface area contributed by atoms with Crippen LogP contribution in [0.1, 0.15) is 53.0 Å². The summed E-state index contributed by atoms with van der Waals surface area (Å²) in [6.07, 6.45) is 0.907. The van der Waals surface area contributed by atoms with Gasteiger partial charge in [-0.1, -0.05) is 0 Å². The van der Waals surface area contributed by atoms with E-state index in [1.165, 1.54) is 14.2 Å². The van der Waals surface area contributed by atoms with Crippen molar-refractivity contribution < 1.29 is 28.9 Å². The first-order valence-corrected chi connectivity index (χ1v) is 9.08. The molecule has 0 aliphatic carbocycles. The predicted molar refractivity (Wildman–Crippen MR) is 104 cm³/mol. The maximum Gasteiger partial charge on any atom is 0.178 e. The van der Waals surface area contributed by atoms with Gasteiger partial charge in [-0.2, -0.15) is 0 Å². The Kier molecular flexibility index (Phi) is 5.31. The van der Waals surface area contributed by atoms with Gasteiger partial charge in [0.05, 0.1) is 20.6 Å². The third kappa shape index (κ3) is 3.81. The van der Waals surface area contributed by atoms with E-state index in [2.05, 4.69) is 0 Å². The molecule has 0 bridgehead atoms. The van der Waals surface area contributed by atoms with Gasteiger partial charge in [0.25, 0.3) is 0 Å². The lowest BCUT2D eigenvalue weighted by Crippen LogP contribution is -2.32. The average molecular weight is 384 g/mol. The molecular formula is C22H24O6. The zero-order valence-corrected chi connectivity index (χ0v) is 16.5. The Bertz CT molecular complexity index is 912. The molecule has 0 atom stereocenters. The van der Waals surface area contributed by atoms with E-state index in [0.29, 0.717) is 35.5 Å². The molecule has 6 nitrogen and oxygen atoms in total. The zero-order valence-electron chi connectivity index (χ0n) is 16.5. The molecule has 2 aromatic carbocycles. The fourth-order valence-corrected chi connectivity index (χ4v) is 3.31. The number of Topliss-reactive ketones (excluding diaryl/α,β-unsaturated/α-hetero) is 2. The highest BCUT2D eigenvalue weighted by Crippen LogP contribution is 2.44. The number of carbonyl (C=O) groups excluding carboxylic acids is 2. The smallest absolute Gasteiger partial charge is 0.178 e. The molecule has 1 N–H and O–H groups in total. The molecule has 2 aromatic rings. The summed E-state index contributed by atoms with van der Waals surface area (Å²) in [6.45, 7) is 3.93. The largest absolute Gasteiger partial charge is 0.507 e. The first-order chi connectivity index (χ1) is 13.3. The first-order valence-electron chi connectivity index (χ1n) is 9.08. The molecule has 1 aliphatic heterocycles. The average Bonchev–Trinajstić information content (AvgIpc) is 2.66. The zero-order chi connectivity index (χ0) is 20.5. The number of fused-ring (bicyclic) bond motifs is 1. The standard InChI is InChI=1S/C22H24O6/c1-22(2)10-9-15-18(28-22)12-19(27-4)20(21(15)25)17(24)11-16(23)13-5-7-14(26-3)8-6-13/h5-8,12,25H,9-11H2,1-4H3. The minimum atomic E-state index is -0.497. The van der Waals surface area contributed by atoms with Gasteiger partial charge in [-0.25, -0.2) is 0 Å². The Hall–Kier alpha value is -3.02. The van der Waals surface area contributed by atoms with Crippen molar-refractivity contribution in [2.24, 2.45) is 0 Å². The third-order valence-corrected chi connectivity index (χ3v) is 4.92. The van der Waals surface area contributed by atoms with Crippen molar-refractivity contribution in [1.82, 2.24) is 0 Å². The lowest BCUT2D eigenvalue weighted by molar-refractivity contribution is 0.0829. The van der Waals surface area contributed by atoms with Crippen LogP contribution in [0.15, 0.2) is 30.3 Å². The van der Waals surface area contributed by atoms with Crippen molar-refractivity contribution in [2.75, 3.05) is 14.2 Å². The monoisotopic (exact) mass is 384 g/mol. The molecule has 0 amide bonds. The normalized spacial score (nSPS) is 14.6. The lowest BCUT2D eigenvalue weighted by Gasteiger charge is -2.33. The quantitative estimate of drug-likeness (QED) is 0.599. The van der Waals surface area contributed by atoms with Gasteiger partial charge < -0.3 is 19.3 Å². The second kappa shape index (κ2) is 7.54. The van der Waals surface area contributed by atoms with Crippen LogP contribution in [0.3, 0.4) is 0 Å². The molecule has 28 heavy (non-hydrogen) atoms. The molecule has 0 saturated heterocycles. The summed E-state index contributed by atoms with van der Waals surface area (Å²) in [5.74, 6) is 0.314. The van der Waals surface area contributed by atoms with E-state index in [-0.39, 0.29) is 34.9 Å². The summed E-state index contributed by atoms with van der Waals surface area (Å²) in [6, 6.07) is 8.14. The molecule has 6 heteroatoms. The first kappa shape index (κ1) is 19.7. The number of ketones is 2. The van der Waals surface area contributed by atoms with Crippen LogP contribution in [0, 0.1) is 0 Å². The van der Waals surface area contributed by atoms with Crippen molar-refractivity contribution in [3.8, 4) is 23.0 Å². The van der Waals surface area contributed by atoms with E-state index < -0.39 is 5.78 Å². The number of aromatic hydroxyl groups is 1. The van der Waals surface area contributed by atoms with Gasteiger partial charge in [-0.3, -0.25) is 9.59 Å². The number of methoxy groups -OCH3 is 2. The van der Waals surface area contributed by atoms with E-state index in [4.69, 9.17) is 14.2 Å². The molecule has 3 rings (SSSR count). The Morgan fingerprint density at radius 2 is 1.79 bits per heavy atom. The summed E-state index contributed by atoms with van der Waals surface area (Å²) >= 11 is 0. The number of hydrogen-bond donors (Lipinski definition) is 1. The van der Waals surface area contributed by atoms with Crippen molar-refractivity contribution in [3.05, 3.63) is 47.0 Å². The van der Waals surface area contributed by atoms with E-state index >= 15 is 0 Å². The molecule has 0 spiro atoms. The second-order valence-electron chi connectivity index (χ2n) is 7.39. The second-order valence-corrected chi connectivity index (χ2v) is 7.39. The lowest BCUT2D eigenvalue weighted by atomic mass is 9.90. The summed E-state index contributed by atoms with van der Waals surface area (Å²) < 4.78 is 16.3. The summed E-state index contributed by atoms with van der Waals surface area (Å²) in [5.41, 5.74) is 0.628. The van der Waals surface area contributed by atoms with Crippen LogP contribution in [0.4, 0.5) is 0 Å². The predicted octanol–water partition coefficient (Wildman–Crippen LogP) is 3.97. The van der Waals surface area contributed by atoms with Crippen LogP contribution < -0.4 is 14.2 Å². The van der Waals surface area contributed by atoms with E-state index in [1.807, 2.05) is 13.8 Å². The fraction of sp³-hybridized carbons (Fsp3) is 0.364. The van der Waals surface area contributed by atoms with Crippen molar-refractivity contribution in [2.45, 2.75) is 38.7 Å². The SMILES string of the molecule is COc1ccc(C(=O)CC(=O)c2c(OC)cc3c(c2O)CCC(C)(C)O3)cc1. The Labute approximate surface area is 164 Å². The molecule has 0 aromatic heterocycles. The molecule has 0 radical (unpaired) electrons. The summed E-state index contributed by atoms with van der Waals surface area (Å²) in [7, 11) is 2.95. The van der Waals surface area contributed by atoms with Gasteiger partial charge in [0.2, 0.25) is 0 Å². The Balaban J connectivity index is 1.89. The molecule has 1 heterocycles. The van der Waals surface area contributed by atoms with E-state index in [9.17, 15) is 14.7 Å². The Morgan fingerprint density at radius 3 is 2.39 bits per heavy atom. The maximum absolute atomic E-state index is 12.8. The Morgan fingerprint density at radius 1 is 1.11 bits per heavy atom. The van der Waals surface area contributed by atoms with Crippen LogP contribution in [-0.2, 0) is 6.42 Å². The van der Waals surface area contributed by atoms with Crippen LogP contribution in [0.5, 0.6) is 23.0 Å². The number of carbonyl (C=O) groups is 2. The minimum Gasteiger partial charge on any atom is -0.507 e. The van der Waals surface area contributed by atoms with Crippen LogP contribution >= 0.6 is 0 Å². The van der Waals surface area contributed by atoms with Crippen LogP contribution in [0.2, 0.25) is 0 Å². The van der Waals surface area contributed by atoms with Gasteiger partial charge in [0.1, 0.15) is 34.2 Å². The van der Waals surface area contributed by atoms with Gasteiger partial charge in [0, 0.05) is 17.2 Å². The van der Waals surface area contributed by atoms with Crippen molar-refractivity contribution >= 4 is 11.6 Å². The van der Waals surface area contributed by atoms with E-state index in [0.717, 1.165) is 0 Å². The van der Waals surface area contributed by atoms with Crippen LogP contribution in [0.25, 0.3) is 0 Å². The van der Waals surface area contributed by atoms with Crippen molar-refractivity contribution in [3.63, 3.8) is 0 Å². The topological polar surface area (TPSA) is 82.1 Å². The van der Waals surface area contributed by atoms with Crippen LogP contribution in [-0.4, -0.2) is 36.5 Å². The van der Waals surface area contributed by atoms with Gasteiger partial charge in [0.15, 0.2) is 11.6 Å². The number of benzene rings is 2. The highest BCUT2D eigenvalue weighted by Gasteiger charge is 2.32.